The van der Waals surface area contributed by atoms with E-state index in [4.69, 9.17) is 10.2 Å². The smallest absolute Gasteiger partial charge is 0.341 e. The molecule has 0 saturated heterocycles. The first-order chi connectivity index (χ1) is 8.07. The molecule has 1 aromatic heterocycles. The topological polar surface area (TPSA) is 79.5 Å². The maximum Gasteiger partial charge on any atom is 0.341 e. The summed E-state index contributed by atoms with van der Waals surface area (Å²) in [6.07, 6.45) is 2.27. The average Bonchev–Trinajstić information content (AvgIpc) is 2.27. The van der Waals surface area contributed by atoms with Gasteiger partial charge in [0, 0.05) is 18.8 Å². The number of aryl methyl sites for hydroxylation is 1. The summed E-state index contributed by atoms with van der Waals surface area (Å²) in [5, 5.41) is 17.5. The Bertz CT molecular complexity index is 450. The Balaban J connectivity index is 2.87. The second kappa shape index (κ2) is 6.20. The van der Waals surface area contributed by atoms with Gasteiger partial charge in [0.15, 0.2) is 0 Å². The third-order valence-electron chi connectivity index (χ3n) is 2.66. The van der Waals surface area contributed by atoms with Crippen molar-refractivity contribution in [1.29, 1.82) is 0 Å². The highest BCUT2D eigenvalue weighted by atomic mass is 16.4. The second-order valence-electron chi connectivity index (χ2n) is 3.93. The minimum absolute atomic E-state index is 0.142. The van der Waals surface area contributed by atoms with Crippen molar-refractivity contribution in [2.75, 3.05) is 6.61 Å². The second-order valence-corrected chi connectivity index (χ2v) is 3.93. The summed E-state index contributed by atoms with van der Waals surface area (Å²) < 4.78 is 1.47. The Morgan fingerprint density at radius 2 is 2.00 bits per heavy atom. The number of carbonyl (C=O) groups is 1. The zero-order valence-corrected chi connectivity index (χ0v) is 9.85. The van der Waals surface area contributed by atoms with Crippen LogP contribution in [0.1, 0.15) is 35.3 Å². The number of aromatic carboxylic acids is 1. The Hall–Kier alpha value is -1.62. The van der Waals surface area contributed by atoms with E-state index in [9.17, 15) is 9.59 Å². The van der Waals surface area contributed by atoms with E-state index in [0.29, 0.717) is 13.0 Å². The van der Waals surface area contributed by atoms with Gasteiger partial charge in [0.05, 0.1) is 0 Å². The van der Waals surface area contributed by atoms with Gasteiger partial charge >= 0.3 is 5.97 Å². The Kier molecular flexibility index (Phi) is 4.90. The first-order valence-corrected chi connectivity index (χ1v) is 5.62. The fraction of sp³-hybridized carbons (Fsp3) is 0.500. The molecule has 0 unspecified atom stereocenters. The molecule has 0 spiro atoms. The predicted molar refractivity (Wildman–Crippen MR) is 63.3 cm³/mol. The zero-order chi connectivity index (χ0) is 12.8. The lowest BCUT2D eigenvalue weighted by molar-refractivity contribution is 0.0694. The number of aromatic nitrogens is 1. The van der Waals surface area contributed by atoms with Crippen molar-refractivity contribution < 1.29 is 15.0 Å². The van der Waals surface area contributed by atoms with Crippen LogP contribution in [0.2, 0.25) is 0 Å². The molecule has 0 fully saturated rings. The maximum absolute atomic E-state index is 11.8. The SMILES string of the molecule is Cc1ccc(C(=O)O)c(=O)n1CCCCCO. The molecule has 0 aliphatic rings. The van der Waals surface area contributed by atoms with Gasteiger partial charge in [0.2, 0.25) is 0 Å². The summed E-state index contributed by atoms with van der Waals surface area (Å²) in [4.78, 5) is 22.6. The molecule has 0 aliphatic carbocycles. The lowest BCUT2D eigenvalue weighted by Gasteiger charge is -2.10. The van der Waals surface area contributed by atoms with Gasteiger partial charge in [-0.25, -0.2) is 4.79 Å². The summed E-state index contributed by atoms with van der Waals surface area (Å²) in [5.41, 5.74) is 0.100. The molecule has 0 radical (unpaired) electrons. The van der Waals surface area contributed by atoms with E-state index in [0.717, 1.165) is 18.5 Å². The van der Waals surface area contributed by atoms with Crippen molar-refractivity contribution in [2.45, 2.75) is 32.7 Å². The van der Waals surface area contributed by atoms with Crippen molar-refractivity contribution in [3.05, 3.63) is 33.7 Å². The third-order valence-corrected chi connectivity index (χ3v) is 2.66. The van der Waals surface area contributed by atoms with E-state index < -0.39 is 11.5 Å². The number of pyridine rings is 1. The van der Waals surface area contributed by atoms with Crippen LogP contribution in [0.5, 0.6) is 0 Å². The van der Waals surface area contributed by atoms with Gasteiger partial charge in [-0.05, 0) is 38.3 Å². The average molecular weight is 239 g/mol. The highest BCUT2D eigenvalue weighted by molar-refractivity contribution is 5.87. The first kappa shape index (κ1) is 13.4. The van der Waals surface area contributed by atoms with E-state index in [2.05, 4.69) is 0 Å². The van der Waals surface area contributed by atoms with E-state index in [1.54, 1.807) is 13.0 Å². The lowest BCUT2D eigenvalue weighted by atomic mass is 10.2. The molecule has 94 valence electrons. The maximum atomic E-state index is 11.8. The predicted octanol–water partition coefficient (Wildman–Crippen LogP) is 1.02. The van der Waals surface area contributed by atoms with E-state index in [1.165, 1.54) is 10.6 Å². The Labute approximate surface area is 99.3 Å². The van der Waals surface area contributed by atoms with Gasteiger partial charge in [-0.15, -0.1) is 0 Å². The molecule has 0 amide bonds. The van der Waals surface area contributed by atoms with Gasteiger partial charge < -0.3 is 14.8 Å². The van der Waals surface area contributed by atoms with Crippen LogP contribution in [0.4, 0.5) is 0 Å². The van der Waals surface area contributed by atoms with E-state index in [1.807, 2.05) is 0 Å². The van der Waals surface area contributed by atoms with Crippen LogP contribution in [-0.4, -0.2) is 27.4 Å². The van der Waals surface area contributed by atoms with Crippen LogP contribution in [-0.2, 0) is 6.54 Å². The van der Waals surface area contributed by atoms with Gasteiger partial charge in [0.25, 0.3) is 5.56 Å². The molecule has 0 saturated carbocycles. The standard InChI is InChI=1S/C12H17NO4/c1-9-5-6-10(12(16)17)11(15)13(9)7-3-2-4-8-14/h5-6,14H,2-4,7-8H2,1H3,(H,16,17). The minimum atomic E-state index is -1.20. The molecule has 0 atom stereocenters. The molecule has 17 heavy (non-hydrogen) atoms. The highest BCUT2D eigenvalue weighted by Gasteiger charge is 2.11. The molecule has 2 N–H and O–H groups in total. The van der Waals surface area contributed by atoms with Gasteiger partial charge in [-0.3, -0.25) is 4.79 Å². The van der Waals surface area contributed by atoms with Crippen LogP contribution in [0.15, 0.2) is 16.9 Å². The van der Waals surface area contributed by atoms with Crippen LogP contribution >= 0.6 is 0 Å². The van der Waals surface area contributed by atoms with E-state index >= 15 is 0 Å². The first-order valence-electron chi connectivity index (χ1n) is 5.62. The molecule has 1 rings (SSSR count). The zero-order valence-electron chi connectivity index (χ0n) is 9.85. The summed E-state index contributed by atoms with van der Waals surface area (Å²) in [6.45, 7) is 2.41. The number of rotatable bonds is 6. The number of carboxylic acids is 1. The number of aliphatic hydroxyl groups excluding tert-OH is 1. The fourth-order valence-corrected chi connectivity index (χ4v) is 1.67. The van der Waals surface area contributed by atoms with Crippen LogP contribution in [0, 0.1) is 6.92 Å². The summed E-state index contributed by atoms with van der Waals surface area (Å²) in [5.74, 6) is -1.20. The Morgan fingerprint density at radius 3 is 2.59 bits per heavy atom. The van der Waals surface area contributed by atoms with E-state index in [-0.39, 0.29) is 12.2 Å². The quantitative estimate of drug-likeness (QED) is 0.726. The number of hydrogen-bond acceptors (Lipinski definition) is 3. The fourth-order valence-electron chi connectivity index (χ4n) is 1.67. The summed E-state index contributed by atoms with van der Waals surface area (Å²) >= 11 is 0. The summed E-state index contributed by atoms with van der Waals surface area (Å²) in [6, 6.07) is 2.97. The Morgan fingerprint density at radius 1 is 1.29 bits per heavy atom. The van der Waals surface area contributed by atoms with Crippen molar-refractivity contribution in [3.63, 3.8) is 0 Å². The summed E-state index contributed by atoms with van der Waals surface area (Å²) in [7, 11) is 0. The number of unbranched alkanes of at least 4 members (excludes halogenated alkanes) is 2. The van der Waals surface area contributed by atoms with Crippen molar-refractivity contribution >= 4 is 5.97 Å². The number of carboxylic acid groups (broad SMARTS) is 1. The van der Waals surface area contributed by atoms with Crippen LogP contribution in [0.25, 0.3) is 0 Å². The largest absolute Gasteiger partial charge is 0.477 e. The highest BCUT2D eigenvalue weighted by Crippen LogP contribution is 2.02. The van der Waals surface area contributed by atoms with Crippen molar-refractivity contribution in [2.24, 2.45) is 0 Å². The van der Waals surface area contributed by atoms with Gasteiger partial charge in [-0.1, -0.05) is 0 Å². The normalized spacial score (nSPS) is 10.5. The lowest BCUT2D eigenvalue weighted by Crippen LogP contribution is -2.27. The van der Waals surface area contributed by atoms with Gasteiger partial charge in [-0.2, -0.15) is 0 Å². The number of nitrogens with zero attached hydrogens (tertiary/aromatic N) is 1. The van der Waals surface area contributed by atoms with Crippen LogP contribution < -0.4 is 5.56 Å². The number of hydrogen-bond donors (Lipinski definition) is 2. The molecule has 1 heterocycles. The molecule has 5 nitrogen and oxygen atoms in total. The molecule has 0 bridgehead atoms. The van der Waals surface area contributed by atoms with Crippen molar-refractivity contribution in [1.82, 2.24) is 4.57 Å². The molecular weight excluding hydrogens is 222 g/mol. The molecule has 1 aromatic rings. The minimum Gasteiger partial charge on any atom is -0.477 e. The molecule has 0 aliphatic heterocycles. The molecule has 0 aromatic carbocycles. The molecule has 5 heteroatoms. The molecular formula is C12H17NO4. The number of aliphatic hydroxyl groups is 1. The third kappa shape index (κ3) is 3.42. The van der Waals surface area contributed by atoms with Gasteiger partial charge in [0.1, 0.15) is 5.56 Å². The monoisotopic (exact) mass is 239 g/mol. The van der Waals surface area contributed by atoms with Crippen molar-refractivity contribution in [3.8, 4) is 0 Å². The van der Waals surface area contributed by atoms with Crippen LogP contribution in [0.3, 0.4) is 0 Å².